The maximum absolute atomic E-state index is 11.6. The number of thiophene rings is 1. The lowest BCUT2D eigenvalue weighted by atomic mass is 10.2. The van der Waals surface area contributed by atoms with Crippen LogP contribution in [-0.4, -0.2) is 36.9 Å². The number of hydrogen-bond acceptors (Lipinski definition) is 3. The van der Waals surface area contributed by atoms with Crippen LogP contribution in [0.3, 0.4) is 0 Å². The number of amides is 2. The summed E-state index contributed by atoms with van der Waals surface area (Å²) in [6.07, 6.45) is 3.14. The van der Waals surface area contributed by atoms with Gasteiger partial charge in [0.2, 0.25) is 11.8 Å². The first-order valence-corrected chi connectivity index (χ1v) is 7.01. The summed E-state index contributed by atoms with van der Waals surface area (Å²) in [5.74, 6) is -0.407. The first-order chi connectivity index (χ1) is 8.40. The Morgan fingerprint density at radius 2 is 2.17 bits per heavy atom. The molecule has 1 rings (SSSR count). The fourth-order valence-corrected chi connectivity index (χ4v) is 2.44. The predicted octanol–water partition coefficient (Wildman–Crippen LogP) is 2.12. The second-order valence-corrected chi connectivity index (χ2v) is 6.27. The standard InChI is InChI=1S/C12H15BrN2O2S/c1-8(12(17)15(2)3)14-11(16)5-4-9-6-10(13)18-7-9/h4-8H,1-3H3,(H,14,16). The van der Waals surface area contributed by atoms with Crippen molar-refractivity contribution in [1.29, 1.82) is 0 Å². The predicted molar refractivity (Wildman–Crippen MR) is 77.4 cm³/mol. The van der Waals surface area contributed by atoms with Gasteiger partial charge in [0, 0.05) is 20.2 Å². The molecule has 0 saturated heterocycles. The Balaban J connectivity index is 2.51. The molecule has 98 valence electrons. The number of hydrogen-bond donors (Lipinski definition) is 1. The number of carbonyl (C=O) groups excluding carboxylic acids is 2. The molecule has 1 aromatic rings. The summed E-state index contributed by atoms with van der Waals surface area (Å²) in [5, 5.41) is 4.55. The summed E-state index contributed by atoms with van der Waals surface area (Å²) in [7, 11) is 3.31. The maximum Gasteiger partial charge on any atom is 0.244 e. The van der Waals surface area contributed by atoms with Gasteiger partial charge >= 0.3 is 0 Å². The molecule has 1 atom stereocenters. The van der Waals surface area contributed by atoms with Crippen LogP contribution in [0, 0.1) is 0 Å². The van der Waals surface area contributed by atoms with Crippen molar-refractivity contribution >= 4 is 45.2 Å². The molecule has 1 N–H and O–H groups in total. The van der Waals surface area contributed by atoms with Crippen molar-refractivity contribution in [2.24, 2.45) is 0 Å². The Kier molecular flexibility index (Phi) is 5.55. The van der Waals surface area contributed by atoms with Gasteiger partial charge in [0.15, 0.2) is 0 Å². The lowest BCUT2D eigenvalue weighted by molar-refractivity contribution is -0.132. The second kappa shape index (κ2) is 6.70. The molecule has 1 unspecified atom stereocenters. The van der Waals surface area contributed by atoms with Gasteiger partial charge in [-0.15, -0.1) is 11.3 Å². The fourth-order valence-electron chi connectivity index (χ4n) is 1.29. The minimum atomic E-state index is -0.522. The highest BCUT2D eigenvalue weighted by Gasteiger charge is 2.15. The molecule has 0 radical (unpaired) electrons. The quantitative estimate of drug-likeness (QED) is 0.859. The van der Waals surface area contributed by atoms with Gasteiger partial charge in [0.25, 0.3) is 0 Å². The molecule has 0 saturated carbocycles. The van der Waals surface area contributed by atoms with E-state index in [2.05, 4.69) is 21.2 Å². The van der Waals surface area contributed by atoms with Crippen molar-refractivity contribution in [2.75, 3.05) is 14.1 Å². The van der Waals surface area contributed by atoms with E-state index in [1.54, 1.807) is 38.4 Å². The van der Waals surface area contributed by atoms with Gasteiger partial charge in [0.05, 0.1) is 3.79 Å². The average molecular weight is 331 g/mol. The number of likely N-dealkylation sites (N-methyl/N-ethyl adjacent to an activating group) is 1. The number of nitrogens with zero attached hydrogens (tertiary/aromatic N) is 1. The first kappa shape index (κ1) is 14.9. The summed E-state index contributed by atoms with van der Waals surface area (Å²) in [6, 6.07) is 1.40. The van der Waals surface area contributed by atoms with Gasteiger partial charge < -0.3 is 10.2 Å². The molecule has 0 aliphatic heterocycles. The monoisotopic (exact) mass is 330 g/mol. The summed E-state index contributed by atoms with van der Waals surface area (Å²) >= 11 is 4.90. The molecular formula is C12H15BrN2O2S. The van der Waals surface area contributed by atoms with Crippen LogP contribution in [0.25, 0.3) is 6.08 Å². The van der Waals surface area contributed by atoms with Crippen molar-refractivity contribution in [2.45, 2.75) is 13.0 Å². The molecule has 0 aromatic carbocycles. The molecule has 6 heteroatoms. The number of carbonyl (C=O) groups is 2. The van der Waals surface area contributed by atoms with Gasteiger partial charge in [-0.25, -0.2) is 0 Å². The largest absolute Gasteiger partial charge is 0.347 e. The normalized spacial score (nSPS) is 12.4. The SMILES string of the molecule is CC(NC(=O)C=Cc1csc(Br)c1)C(=O)N(C)C. The van der Waals surface area contributed by atoms with Crippen LogP contribution in [-0.2, 0) is 9.59 Å². The topological polar surface area (TPSA) is 49.4 Å². The number of nitrogens with one attached hydrogen (secondary N) is 1. The van der Waals surface area contributed by atoms with E-state index in [9.17, 15) is 9.59 Å². The van der Waals surface area contributed by atoms with Crippen LogP contribution < -0.4 is 5.32 Å². The minimum Gasteiger partial charge on any atom is -0.347 e. The first-order valence-electron chi connectivity index (χ1n) is 5.34. The van der Waals surface area contributed by atoms with E-state index in [0.29, 0.717) is 0 Å². The molecular weight excluding hydrogens is 316 g/mol. The van der Waals surface area contributed by atoms with E-state index in [1.807, 2.05) is 11.4 Å². The Morgan fingerprint density at radius 1 is 1.50 bits per heavy atom. The van der Waals surface area contributed by atoms with E-state index in [0.717, 1.165) is 9.35 Å². The molecule has 0 bridgehead atoms. The van der Waals surface area contributed by atoms with E-state index in [4.69, 9.17) is 0 Å². The van der Waals surface area contributed by atoms with E-state index >= 15 is 0 Å². The van der Waals surface area contributed by atoms with Crippen molar-refractivity contribution in [3.05, 3.63) is 26.9 Å². The Bertz CT molecular complexity index is 468. The Hall–Kier alpha value is -1.14. The van der Waals surface area contributed by atoms with Crippen LogP contribution in [0.15, 0.2) is 21.3 Å². The zero-order chi connectivity index (χ0) is 13.7. The van der Waals surface area contributed by atoms with Crippen LogP contribution in [0.4, 0.5) is 0 Å². The van der Waals surface area contributed by atoms with Gasteiger partial charge in [-0.05, 0) is 45.9 Å². The van der Waals surface area contributed by atoms with Crippen LogP contribution in [0.5, 0.6) is 0 Å². The van der Waals surface area contributed by atoms with Crippen LogP contribution in [0.2, 0.25) is 0 Å². The van der Waals surface area contributed by atoms with Crippen molar-refractivity contribution in [3.63, 3.8) is 0 Å². The molecule has 1 aromatic heterocycles. The minimum absolute atomic E-state index is 0.130. The summed E-state index contributed by atoms with van der Waals surface area (Å²) in [4.78, 5) is 24.6. The third kappa shape index (κ3) is 4.62. The number of halogens is 1. The van der Waals surface area contributed by atoms with Crippen molar-refractivity contribution in [1.82, 2.24) is 10.2 Å². The summed E-state index contributed by atoms with van der Waals surface area (Å²) in [6.45, 7) is 1.66. The fraction of sp³-hybridized carbons (Fsp3) is 0.333. The van der Waals surface area contributed by atoms with Crippen molar-refractivity contribution in [3.8, 4) is 0 Å². The maximum atomic E-state index is 11.6. The molecule has 2 amide bonds. The van der Waals surface area contributed by atoms with Gasteiger partial charge in [-0.1, -0.05) is 0 Å². The lowest BCUT2D eigenvalue weighted by Gasteiger charge is -2.16. The third-order valence-corrected chi connectivity index (χ3v) is 3.71. The highest BCUT2D eigenvalue weighted by atomic mass is 79.9. The van der Waals surface area contributed by atoms with E-state index in [1.165, 1.54) is 11.0 Å². The third-order valence-electron chi connectivity index (χ3n) is 2.18. The lowest BCUT2D eigenvalue weighted by Crippen LogP contribution is -2.43. The smallest absolute Gasteiger partial charge is 0.244 e. The molecule has 0 aliphatic carbocycles. The van der Waals surface area contributed by atoms with Gasteiger partial charge in [-0.3, -0.25) is 9.59 Å². The van der Waals surface area contributed by atoms with Gasteiger partial charge in [0.1, 0.15) is 6.04 Å². The number of rotatable bonds is 4. The van der Waals surface area contributed by atoms with Gasteiger partial charge in [-0.2, -0.15) is 0 Å². The summed E-state index contributed by atoms with van der Waals surface area (Å²) < 4.78 is 1.01. The van der Waals surface area contributed by atoms with Crippen molar-refractivity contribution < 1.29 is 9.59 Å². The Morgan fingerprint density at radius 3 is 2.67 bits per heavy atom. The molecule has 0 aliphatic rings. The zero-order valence-corrected chi connectivity index (χ0v) is 12.8. The van der Waals surface area contributed by atoms with E-state index in [-0.39, 0.29) is 11.8 Å². The zero-order valence-electron chi connectivity index (χ0n) is 10.4. The molecule has 1 heterocycles. The Labute approximate surface area is 119 Å². The molecule has 18 heavy (non-hydrogen) atoms. The molecule has 0 spiro atoms. The van der Waals surface area contributed by atoms with Crippen LogP contribution in [0.1, 0.15) is 12.5 Å². The molecule has 4 nitrogen and oxygen atoms in total. The highest BCUT2D eigenvalue weighted by Crippen LogP contribution is 2.21. The average Bonchev–Trinajstić information content (AvgIpc) is 2.71. The highest BCUT2D eigenvalue weighted by molar-refractivity contribution is 9.11. The van der Waals surface area contributed by atoms with E-state index < -0.39 is 6.04 Å². The van der Waals surface area contributed by atoms with Crippen LogP contribution >= 0.6 is 27.3 Å². The second-order valence-electron chi connectivity index (χ2n) is 3.98. The molecule has 0 fully saturated rings. The summed E-state index contributed by atoms with van der Waals surface area (Å²) in [5.41, 5.74) is 0.952.